The summed E-state index contributed by atoms with van der Waals surface area (Å²) in [6.07, 6.45) is 0. The van der Waals surface area contributed by atoms with E-state index < -0.39 is 23.7 Å². The van der Waals surface area contributed by atoms with Gasteiger partial charge in [0.2, 0.25) is 0 Å². The van der Waals surface area contributed by atoms with Gasteiger partial charge in [-0.1, -0.05) is 46.9 Å². The summed E-state index contributed by atoms with van der Waals surface area (Å²) in [4.78, 5) is 51.3. The largest absolute Gasteiger partial charge is 0.465 e. The first kappa shape index (κ1) is 25.2. The van der Waals surface area contributed by atoms with Crippen LogP contribution in [0.5, 0.6) is 0 Å². The van der Waals surface area contributed by atoms with Gasteiger partial charge in [0, 0.05) is 16.3 Å². The molecule has 0 radical (unpaired) electrons. The molecule has 4 rings (SSSR count). The number of esters is 1. The topological polar surface area (TPSA) is 105 Å². The summed E-state index contributed by atoms with van der Waals surface area (Å²) < 4.78 is 4.69. The van der Waals surface area contributed by atoms with Crippen molar-refractivity contribution >= 4 is 75.6 Å². The molecule has 3 aromatic rings. The van der Waals surface area contributed by atoms with Crippen LogP contribution in [0.2, 0.25) is 10.0 Å². The minimum atomic E-state index is -0.766. The van der Waals surface area contributed by atoms with E-state index in [9.17, 15) is 19.2 Å². The Labute approximate surface area is 220 Å². The van der Waals surface area contributed by atoms with Crippen molar-refractivity contribution in [3.05, 3.63) is 98.6 Å². The van der Waals surface area contributed by atoms with Crippen molar-refractivity contribution in [2.75, 3.05) is 22.6 Å². The molecule has 182 valence electrons. The van der Waals surface area contributed by atoms with Crippen molar-refractivity contribution in [1.82, 2.24) is 0 Å². The average molecular weight is 545 g/mol. The van der Waals surface area contributed by atoms with Gasteiger partial charge in [-0.3, -0.25) is 14.4 Å². The lowest BCUT2D eigenvalue weighted by atomic mass is 10.1. The fourth-order valence-electron chi connectivity index (χ4n) is 3.40. The van der Waals surface area contributed by atoms with E-state index in [4.69, 9.17) is 34.8 Å². The van der Waals surface area contributed by atoms with Gasteiger partial charge in [0.05, 0.1) is 29.1 Å². The van der Waals surface area contributed by atoms with Gasteiger partial charge >= 0.3 is 5.97 Å². The van der Waals surface area contributed by atoms with Crippen LogP contribution in [-0.4, -0.2) is 30.8 Å². The number of hydrogen-bond acceptors (Lipinski definition) is 6. The lowest BCUT2D eigenvalue weighted by Crippen LogP contribution is -2.32. The van der Waals surface area contributed by atoms with Crippen molar-refractivity contribution in [1.29, 1.82) is 0 Å². The van der Waals surface area contributed by atoms with Gasteiger partial charge in [-0.25, -0.2) is 9.69 Å². The number of carbonyl (C=O) groups excluding carboxylic acids is 4. The Kier molecular flexibility index (Phi) is 7.30. The molecule has 1 heterocycles. The maximum absolute atomic E-state index is 13.1. The first-order chi connectivity index (χ1) is 17.2. The molecular weight excluding hydrogens is 529 g/mol. The molecule has 0 aliphatic carbocycles. The molecule has 36 heavy (non-hydrogen) atoms. The molecule has 11 heteroatoms. The molecule has 0 aromatic heterocycles. The Balaban J connectivity index is 1.55. The Hall–Kier alpha value is -3.85. The summed E-state index contributed by atoms with van der Waals surface area (Å²) in [7, 11) is 1.22. The van der Waals surface area contributed by atoms with Gasteiger partial charge in [0.15, 0.2) is 0 Å². The Bertz CT molecular complexity index is 1450. The number of carbonyl (C=O) groups is 4. The van der Waals surface area contributed by atoms with Crippen molar-refractivity contribution in [2.45, 2.75) is 0 Å². The number of benzene rings is 3. The summed E-state index contributed by atoms with van der Waals surface area (Å²) in [5.74, 6) is -2.58. The minimum Gasteiger partial charge on any atom is -0.465 e. The van der Waals surface area contributed by atoms with Crippen LogP contribution in [0.3, 0.4) is 0 Å². The molecule has 0 bridgehead atoms. The maximum Gasteiger partial charge on any atom is 0.337 e. The zero-order valence-corrected chi connectivity index (χ0v) is 20.7. The third-order valence-corrected chi connectivity index (χ3v) is 6.02. The van der Waals surface area contributed by atoms with Crippen LogP contribution in [0.4, 0.5) is 17.1 Å². The molecule has 3 amide bonds. The van der Waals surface area contributed by atoms with E-state index in [1.165, 1.54) is 43.5 Å². The third kappa shape index (κ3) is 5.06. The molecule has 2 N–H and O–H groups in total. The summed E-state index contributed by atoms with van der Waals surface area (Å²) in [5, 5.41) is 5.86. The van der Waals surface area contributed by atoms with Crippen LogP contribution < -0.4 is 15.5 Å². The van der Waals surface area contributed by atoms with Gasteiger partial charge in [-0.05, 0) is 54.6 Å². The number of anilines is 3. The van der Waals surface area contributed by atoms with E-state index in [0.717, 1.165) is 4.90 Å². The first-order valence-electron chi connectivity index (χ1n) is 10.3. The number of hydrogen-bond donors (Lipinski definition) is 2. The summed E-state index contributed by atoms with van der Waals surface area (Å²) >= 11 is 18.2. The van der Waals surface area contributed by atoms with E-state index in [2.05, 4.69) is 15.4 Å². The molecule has 8 nitrogen and oxygen atoms in total. The zero-order valence-electron chi connectivity index (χ0n) is 18.5. The Morgan fingerprint density at radius 3 is 2.31 bits per heavy atom. The highest BCUT2D eigenvalue weighted by Crippen LogP contribution is 2.31. The number of nitrogens with one attached hydrogen (secondary N) is 2. The average Bonchev–Trinajstić information content (AvgIpc) is 3.08. The van der Waals surface area contributed by atoms with E-state index >= 15 is 0 Å². The maximum atomic E-state index is 13.1. The second-order valence-corrected chi connectivity index (χ2v) is 8.68. The van der Waals surface area contributed by atoms with Crippen molar-refractivity contribution in [3.63, 3.8) is 0 Å². The molecule has 1 aliphatic heterocycles. The van der Waals surface area contributed by atoms with E-state index in [0.29, 0.717) is 16.4 Å². The molecule has 0 unspecified atom stereocenters. The lowest BCUT2D eigenvalue weighted by molar-refractivity contribution is -0.120. The van der Waals surface area contributed by atoms with Gasteiger partial charge in [-0.2, -0.15) is 0 Å². The molecule has 0 spiro atoms. The molecule has 0 fully saturated rings. The number of amides is 3. The summed E-state index contributed by atoms with van der Waals surface area (Å²) in [6, 6.07) is 16.7. The molecule has 0 saturated heterocycles. The standard InChI is InChI=1S/C25H16Cl3N3O5/c1-36-25(35)14-5-3-7-17(11-14)31-23(33)20(28)21(24(31)34)29-16-6-2-4-13(10-16)22(32)30-19-9-8-15(26)12-18(19)27/h2-12,29H,1H3,(H,30,32). The van der Waals surface area contributed by atoms with Crippen molar-refractivity contribution in [3.8, 4) is 0 Å². The highest BCUT2D eigenvalue weighted by atomic mass is 35.5. The normalized spacial score (nSPS) is 13.2. The third-order valence-electron chi connectivity index (χ3n) is 5.13. The van der Waals surface area contributed by atoms with Crippen LogP contribution >= 0.6 is 34.8 Å². The fourth-order valence-corrected chi connectivity index (χ4v) is 4.07. The van der Waals surface area contributed by atoms with Gasteiger partial charge in [0.1, 0.15) is 10.7 Å². The van der Waals surface area contributed by atoms with Crippen LogP contribution in [0.25, 0.3) is 0 Å². The highest BCUT2D eigenvalue weighted by molar-refractivity contribution is 6.53. The number of ether oxygens (including phenoxy) is 1. The van der Waals surface area contributed by atoms with Crippen LogP contribution in [0.15, 0.2) is 77.5 Å². The van der Waals surface area contributed by atoms with Gasteiger partial charge in [-0.15, -0.1) is 0 Å². The van der Waals surface area contributed by atoms with E-state index in [1.807, 2.05) is 0 Å². The van der Waals surface area contributed by atoms with Gasteiger partial charge < -0.3 is 15.4 Å². The summed E-state index contributed by atoms with van der Waals surface area (Å²) in [6.45, 7) is 0. The van der Waals surface area contributed by atoms with Crippen LogP contribution in [0.1, 0.15) is 20.7 Å². The van der Waals surface area contributed by atoms with Crippen LogP contribution in [0, 0.1) is 0 Å². The zero-order chi connectivity index (χ0) is 26.0. The SMILES string of the molecule is COC(=O)c1cccc(N2C(=O)C(Cl)=C(Nc3cccc(C(=O)Nc4ccc(Cl)cc4Cl)c3)C2=O)c1. The number of halogens is 3. The summed E-state index contributed by atoms with van der Waals surface area (Å²) in [5.41, 5.74) is 1.09. The quantitative estimate of drug-likeness (QED) is 0.315. The van der Waals surface area contributed by atoms with E-state index in [-0.39, 0.29) is 32.6 Å². The molecule has 0 atom stereocenters. The molecule has 0 saturated carbocycles. The highest BCUT2D eigenvalue weighted by Gasteiger charge is 2.39. The molecule has 1 aliphatic rings. The first-order valence-corrected chi connectivity index (χ1v) is 11.4. The number of rotatable bonds is 6. The van der Waals surface area contributed by atoms with Gasteiger partial charge in [0.25, 0.3) is 17.7 Å². The Morgan fingerprint density at radius 1 is 0.861 bits per heavy atom. The van der Waals surface area contributed by atoms with E-state index in [1.54, 1.807) is 30.3 Å². The molecule has 3 aromatic carbocycles. The van der Waals surface area contributed by atoms with Crippen molar-refractivity contribution in [2.24, 2.45) is 0 Å². The minimum absolute atomic E-state index is 0.149. The predicted molar refractivity (Wildman–Crippen MR) is 138 cm³/mol. The number of imide groups is 1. The smallest absolute Gasteiger partial charge is 0.337 e. The molecular formula is C25H16Cl3N3O5. The second-order valence-electron chi connectivity index (χ2n) is 7.46. The van der Waals surface area contributed by atoms with Crippen molar-refractivity contribution < 1.29 is 23.9 Å². The predicted octanol–water partition coefficient (Wildman–Crippen LogP) is 5.47. The van der Waals surface area contributed by atoms with Crippen LogP contribution in [-0.2, 0) is 14.3 Å². The monoisotopic (exact) mass is 543 g/mol. The Morgan fingerprint density at radius 2 is 1.58 bits per heavy atom. The lowest BCUT2D eigenvalue weighted by Gasteiger charge is -2.16. The number of methoxy groups -OCH3 is 1. The fraction of sp³-hybridized carbons (Fsp3) is 0.0400. The number of nitrogens with zero attached hydrogens (tertiary/aromatic N) is 1. The second kappa shape index (κ2) is 10.4.